The van der Waals surface area contributed by atoms with Gasteiger partial charge in [-0.25, -0.2) is 4.98 Å². The van der Waals surface area contributed by atoms with Gasteiger partial charge in [-0.3, -0.25) is 25.4 Å². The number of hydrogen-bond acceptors (Lipinski definition) is 6. The number of nitrogens with one attached hydrogen (secondary N) is 2. The molecule has 0 aliphatic rings. The molecule has 0 fully saturated rings. The van der Waals surface area contributed by atoms with Crippen molar-refractivity contribution in [3.8, 4) is 16.3 Å². The van der Waals surface area contributed by atoms with Crippen molar-refractivity contribution in [3.63, 3.8) is 0 Å². The molecule has 3 aromatic rings. The topological polar surface area (TPSA) is 93.2 Å². The Labute approximate surface area is 166 Å². The Hall–Kier alpha value is -3.26. The second kappa shape index (κ2) is 9.09. The second-order valence-electron chi connectivity index (χ2n) is 6.27. The van der Waals surface area contributed by atoms with Crippen LogP contribution in [0, 0.1) is 13.8 Å². The molecule has 3 rings (SSSR count). The number of amides is 2. The first kappa shape index (κ1) is 19.5. The van der Waals surface area contributed by atoms with Crippen LogP contribution in [-0.4, -0.2) is 28.4 Å². The minimum Gasteiger partial charge on any atom is -0.484 e. The van der Waals surface area contributed by atoms with E-state index < -0.39 is 5.91 Å². The van der Waals surface area contributed by atoms with Crippen LogP contribution in [0.15, 0.2) is 48.1 Å². The molecule has 1 aromatic carbocycles. The number of rotatable bonds is 6. The number of thiazole rings is 1. The summed E-state index contributed by atoms with van der Waals surface area (Å²) in [6, 6.07) is 9.46. The minimum atomic E-state index is -0.443. The van der Waals surface area contributed by atoms with Crippen molar-refractivity contribution in [1.82, 2.24) is 20.8 Å². The van der Waals surface area contributed by atoms with E-state index in [-0.39, 0.29) is 18.9 Å². The predicted molar refractivity (Wildman–Crippen MR) is 107 cm³/mol. The number of ether oxygens (including phenoxy) is 1. The number of pyridine rings is 1. The largest absolute Gasteiger partial charge is 0.484 e. The van der Waals surface area contributed by atoms with Crippen molar-refractivity contribution in [2.24, 2.45) is 0 Å². The lowest BCUT2D eigenvalue weighted by molar-refractivity contribution is -0.129. The van der Waals surface area contributed by atoms with E-state index in [9.17, 15) is 9.59 Å². The Morgan fingerprint density at radius 2 is 1.86 bits per heavy atom. The third kappa shape index (κ3) is 5.62. The normalized spacial score (nSPS) is 10.4. The molecular weight excluding hydrogens is 376 g/mol. The maximum absolute atomic E-state index is 12.0. The fourth-order valence-corrected chi connectivity index (χ4v) is 3.37. The molecule has 0 aliphatic carbocycles. The summed E-state index contributed by atoms with van der Waals surface area (Å²) in [5.41, 5.74) is 8.35. The maximum Gasteiger partial charge on any atom is 0.276 e. The van der Waals surface area contributed by atoms with Gasteiger partial charge >= 0.3 is 0 Å². The number of hydrogen-bond donors (Lipinski definition) is 2. The Bertz CT molecular complexity index is 952. The van der Waals surface area contributed by atoms with Crippen LogP contribution in [0.3, 0.4) is 0 Å². The molecule has 144 valence electrons. The molecule has 2 amide bonds. The van der Waals surface area contributed by atoms with Crippen LogP contribution < -0.4 is 15.6 Å². The fraction of sp³-hybridized carbons (Fsp3) is 0.200. The first-order chi connectivity index (χ1) is 13.5. The van der Waals surface area contributed by atoms with Crippen molar-refractivity contribution >= 4 is 23.2 Å². The molecule has 2 N–H and O–H groups in total. The van der Waals surface area contributed by atoms with E-state index >= 15 is 0 Å². The highest BCUT2D eigenvalue weighted by atomic mass is 32.1. The van der Waals surface area contributed by atoms with Crippen LogP contribution in [0.4, 0.5) is 0 Å². The van der Waals surface area contributed by atoms with Gasteiger partial charge in [0.05, 0.1) is 12.1 Å². The lowest BCUT2D eigenvalue weighted by atomic mass is 10.1. The van der Waals surface area contributed by atoms with E-state index in [2.05, 4.69) is 20.8 Å². The molecule has 0 radical (unpaired) electrons. The quantitative estimate of drug-likeness (QED) is 0.625. The molecule has 0 saturated heterocycles. The molecular formula is C20H20N4O3S. The average Bonchev–Trinajstić information content (AvgIpc) is 3.13. The SMILES string of the molecule is Cc1cc(C)cc(OCC(=O)NNC(=O)Cc2csc(-c3cccnc3)n2)c1. The molecule has 7 nitrogen and oxygen atoms in total. The van der Waals surface area contributed by atoms with Crippen molar-refractivity contribution in [3.05, 3.63) is 64.9 Å². The molecule has 0 saturated carbocycles. The number of aryl methyl sites for hydroxylation is 2. The summed E-state index contributed by atoms with van der Waals surface area (Å²) in [4.78, 5) is 32.4. The zero-order chi connectivity index (χ0) is 19.9. The fourth-order valence-electron chi connectivity index (χ4n) is 2.56. The Kier molecular flexibility index (Phi) is 6.33. The van der Waals surface area contributed by atoms with Crippen LogP contribution in [0.5, 0.6) is 5.75 Å². The summed E-state index contributed by atoms with van der Waals surface area (Å²) in [7, 11) is 0. The van der Waals surface area contributed by atoms with Gasteiger partial charge in [-0.1, -0.05) is 6.07 Å². The standard InChI is InChI=1S/C20H20N4O3S/c1-13-6-14(2)8-17(7-13)27-11-19(26)24-23-18(25)9-16-12-28-20(22-16)15-4-3-5-21-10-15/h3-8,10,12H,9,11H2,1-2H3,(H,23,25)(H,24,26). The van der Waals surface area contributed by atoms with Gasteiger partial charge in [-0.15, -0.1) is 11.3 Å². The zero-order valence-corrected chi connectivity index (χ0v) is 16.4. The van der Waals surface area contributed by atoms with Gasteiger partial charge in [0, 0.05) is 23.3 Å². The number of hydrazine groups is 1. The monoisotopic (exact) mass is 396 g/mol. The molecule has 8 heteroatoms. The van der Waals surface area contributed by atoms with Crippen molar-refractivity contribution in [1.29, 1.82) is 0 Å². The van der Waals surface area contributed by atoms with E-state index in [4.69, 9.17) is 4.74 Å². The second-order valence-corrected chi connectivity index (χ2v) is 7.13. The van der Waals surface area contributed by atoms with Crippen LogP contribution in [0.1, 0.15) is 16.8 Å². The first-order valence-electron chi connectivity index (χ1n) is 8.63. The number of benzene rings is 1. The van der Waals surface area contributed by atoms with E-state index in [1.54, 1.807) is 12.4 Å². The van der Waals surface area contributed by atoms with Gasteiger partial charge in [0.2, 0.25) is 5.91 Å². The van der Waals surface area contributed by atoms with Gasteiger partial charge in [-0.05, 0) is 49.2 Å². The molecule has 0 bridgehead atoms. The van der Waals surface area contributed by atoms with E-state index in [0.717, 1.165) is 21.7 Å². The molecule has 2 heterocycles. The van der Waals surface area contributed by atoms with Gasteiger partial charge < -0.3 is 4.74 Å². The van der Waals surface area contributed by atoms with Crippen molar-refractivity contribution in [2.45, 2.75) is 20.3 Å². The van der Waals surface area contributed by atoms with Crippen molar-refractivity contribution in [2.75, 3.05) is 6.61 Å². The summed E-state index contributed by atoms with van der Waals surface area (Å²) in [6.07, 6.45) is 3.48. The minimum absolute atomic E-state index is 0.0645. The number of aromatic nitrogens is 2. The summed E-state index contributed by atoms with van der Waals surface area (Å²) in [6.45, 7) is 3.72. The molecule has 0 aliphatic heterocycles. The third-order valence-corrected chi connectivity index (χ3v) is 4.65. The molecule has 0 atom stereocenters. The van der Waals surface area contributed by atoms with Crippen LogP contribution in [-0.2, 0) is 16.0 Å². The molecule has 0 spiro atoms. The Morgan fingerprint density at radius 3 is 2.57 bits per heavy atom. The highest BCUT2D eigenvalue weighted by molar-refractivity contribution is 7.13. The molecule has 28 heavy (non-hydrogen) atoms. The Morgan fingerprint density at radius 1 is 1.11 bits per heavy atom. The van der Waals surface area contributed by atoms with E-state index in [0.29, 0.717) is 11.4 Å². The van der Waals surface area contributed by atoms with Crippen molar-refractivity contribution < 1.29 is 14.3 Å². The van der Waals surface area contributed by atoms with Gasteiger partial charge in [0.15, 0.2) is 6.61 Å². The third-order valence-electron chi connectivity index (χ3n) is 3.71. The number of carbonyl (C=O) groups excluding carboxylic acids is 2. The van der Waals surface area contributed by atoms with E-state index in [1.165, 1.54) is 11.3 Å². The lowest BCUT2D eigenvalue weighted by Crippen LogP contribution is -2.44. The highest BCUT2D eigenvalue weighted by Crippen LogP contribution is 2.22. The van der Waals surface area contributed by atoms with Crippen LogP contribution in [0.2, 0.25) is 0 Å². The average molecular weight is 396 g/mol. The maximum atomic E-state index is 12.0. The van der Waals surface area contributed by atoms with Gasteiger partial charge in [0.1, 0.15) is 10.8 Å². The van der Waals surface area contributed by atoms with Gasteiger partial charge in [-0.2, -0.15) is 0 Å². The van der Waals surface area contributed by atoms with Gasteiger partial charge in [0.25, 0.3) is 5.91 Å². The summed E-state index contributed by atoms with van der Waals surface area (Å²) >= 11 is 1.44. The Balaban J connectivity index is 1.44. The number of carbonyl (C=O) groups is 2. The summed E-state index contributed by atoms with van der Waals surface area (Å²) in [5.74, 6) is -0.186. The first-order valence-corrected chi connectivity index (χ1v) is 9.51. The summed E-state index contributed by atoms with van der Waals surface area (Å²) in [5, 5.41) is 2.61. The smallest absolute Gasteiger partial charge is 0.276 e. The summed E-state index contributed by atoms with van der Waals surface area (Å²) < 4.78 is 5.45. The molecule has 2 aromatic heterocycles. The lowest BCUT2D eigenvalue weighted by Gasteiger charge is -2.09. The van der Waals surface area contributed by atoms with E-state index in [1.807, 2.05) is 49.6 Å². The highest BCUT2D eigenvalue weighted by Gasteiger charge is 2.10. The number of nitrogens with zero attached hydrogens (tertiary/aromatic N) is 2. The predicted octanol–water partition coefficient (Wildman–Crippen LogP) is 2.59. The zero-order valence-electron chi connectivity index (χ0n) is 15.6. The van der Waals surface area contributed by atoms with Crippen LogP contribution in [0.25, 0.3) is 10.6 Å². The molecule has 0 unspecified atom stereocenters. The van der Waals surface area contributed by atoms with Crippen LogP contribution >= 0.6 is 11.3 Å².